The molecule has 0 saturated carbocycles. The summed E-state index contributed by atoms with van der Waals surface area (Å²) >= 11 is 0. The molecule has 1 amide bonds. The van der Waals surface area contributed by atoms with E-state index in [-0.39, 0.29) is 5.91 Å². The number of nitrogens with one attached hydrogen (secondary N) is 1. The van der Waals surface area contributed by atoms with Gasteiger partial charge in [0.2, 0.25) is 0 Å². The Morgan fingerprint density at radius 3 is 2.59 bits per heavy atom. The number of amides is 1. The lowest BCUT2D eigenvalue weighted by Crippen LogP contribution is -2.30. The van der Waals surface area contributed by atoms with Gasteiger partial charge in [-0.15, -0.1) is 0 Å². The van der Waals surface area contributed by atoms with Crippen molar-refractivity contribution in [3.05, 3.63) is 60.3 Å². The molecule has 0 fully saturated rings. The van der Waals surface area contributed by atoms with Crippen molar-refractivity contribution in [2.45, 2.75) is 33.3 Å². The van der Waals surface area contributed by atoms with Crippen molar-refractivity contribution in [3.8, 4) is 11.5 Å². The second-order valence-electron chi connectivity index (χ2n) is 6.19. The van der Waals surface area contributed by atoms with Crippen LogP contribution in [0, 0.1) is 0 Å². The highest BCUT2D eigenvalue weighted by Gasteiger charge is 2.17. The fourth-order valence-corrected chi connectivity index (χ4v) is 2.82. The maximum atomic E-state index is 12.6. The van der Waals surface area contributed by atoms with Gasteiger partial charge in [0.05, 0.1) is 12.3 Å². The Morgan fingerprint density at radius 1 is 1.11 bits per heavy atom. The van der Waals surface area contributed by atoms with Gasteiger partial charge in [0, 0.05) is 11.6 Å². The first-order chi connectivity index (χ1) is 13.1. The molecule has 0 aliphatic rings. The Kier molecular flexibility index (Phi) is 5.91. The van der Waals surface area contributed by atoms with E-state index in [9.17, 15) is 4.79 Å². The Hall–Kier alpha value is -3.08. The van der Waals surface area contributed by atoms with Gasteiger partial charge in [-0.2, -0.15) is 0 Å². The fourth-order valence-electron chi connectivity index (χ4n) is 2.82. The molecule has 0 bridgehead atoms. The van der Waals surface area contributed by atoms with Crippen LogP contribution in [0.3, 0.4) is 0 Å². The smallest absolute Gasteiger partial charge is 0.265 e. The van der Waals surface area contributed by atoms with Gasteiger partial charge in [0.25, 0.3) is 5.91 Å². The molecule has 0 spiro atoms. The number of fused-ring (bicyclic) bond motifs is 1. The van der Waals surface area contributed by atoms with Crippen molar-refractivity contribution < 1.29 is 14.3 Å². The van der Waals surface area contributed by atoms with Crippen LogP contribution in [0.2, 0.25) is 0 Å². The molecule has 5 heteroatoms. The number of ether oxygens (including phenoxy) is 2. The van der Waals surface area contributed by atoms with E-state index < -0.39 is 6.10 Å². The van der Waals surface area contributed by atoms with Crippen LogP contribution in [0.1, 0.15) is 26.3 Å². The molecule has 27 heavy (non-hydrogen) atoms. The van der Waals surface area contributed by atoms with Crippen LogP contribution in [0.5, 0.6) is 11.5 Å². The lowest BCUT2D eigenvalue weighted by molar-refractivity contribution is -0.122. The van der Waals surface area contributed by atoms with E-state index in [1.54, 1.807) is 13.1 Å². The summed E-state index contributed by atoms with van der Waals surface area (Å²) in [6.45, 7) is 6.32. The second kappa shape index (κ2) is 8.54. The zero-order valence-corrected chi connectivity index (χ0v) is 15.9. The van der Waals surface area contributed by atoms with Crippen LogP contribution in [0.15, 0.2) is 54.7 Å². The topological polar surface area (TPSA) is 60.5 Å². The monoisotopic (exact) mass is 364 g/mol. The molecular weight excluding hydrogens is 340 g/mol. The summed E-state index contributed by atoms with van der Waals surface area (Å²) < 4.78 is 11.4. The Balaban J connectivity index is 1.75. The molecule has 1 heterocycles. The summed E-state index contributed by atoms with van der Waals surface area (Å²) in [5.41, 5.74) is 2.64. The molecule has 1 N–H and O–H groups in total. The van der Waals surface area contributed by atoms with Crippen LogP contribution < -0.4 is 14.8 Å². The number of pyridine rings is 1. The van der Waals surface area contributed by atoms with Crippen molar-refractivity contribution in [1.82, 2.24) is 4.98 Å². The first-order valence-corrected chi connectivity index (χ1v) is 9.19. The fraction of sp³-hybridized carbons (Fsp3) is 0.273. The third-order valence-corrected chi connectivity index (χ3v) is 4.30. The normalized spacial score (nSPS) is 11.8. The summed E-state index contributed by atoms with van der Waals surface area (Å²) in [6.07, 6.45) is 2.05. The SMILES string of the molecule is CCOc1ccc(NC(=O)C(C)Oc2ccc(CC)cc2)c2cccnc12. The van der Waals surface area contributed by atoms with Crippen LogP contribution in [-0.4, -0.2) is 23.6 Å². The number of hydrogen-bond donors (Lipinski definition) is 1. The average Bonchev–Trinajstić information content (AvgIpc) is 2.70. The summed E-state index contributed by atoms with van der Waals surface area (Å²) in [7, 11) is 0. The average molecular weight is 364 g/mol. The number of aromatic nitrogens is 1. The summed E-state index contributed by atoms with van der Waals surface area (Å²) in [5, 5.41) is 3.77. The Bertz CT molecular complexity index is 922. The third kappa shape index (κ3) is 4.37. The molecule has 0 saturated heterocycles. The Labute approximate surface area is 159 Å². The van der Waals surface area contributed by atoms with Crippen LogP contribution in [0.25, 0.3) is 10.9 Å². The van der Waals surface area contributed by atoms with E-state index >= 15 is 0 Å². The minimum absolute atomic E-state index is 0.219. The van der Waals surface area contributed by atoms with Gasteiger partial charge in [-0.1, -0.05) is 19.1 Å². The molecule has 0 radical (unpaired) electrons. The highest BCUT2D eigenvalue weighted by atomic mass is 16.5. The van der Waals surface area contributed by atoms with Gasteiger partial charge in [0.15, 0.2) is 6.10 Å². The molecule has 0 aliphatic carbocycles. The van der Waals surface area contributed by atoms with E-state index in [1.807, 2.05) is 55.5 Å². The van der Waals surface area contributed by atoms with Crippen molar-refractivity contribution >= 4 is 22.5 Å². The van der Waals surface area contributed by atoms with E-state index in [4.69, 9.17) is 9.47 Å². The van der Waals surface area contributed by atoms with E-state index in [2.05, 4.69) is 17.2 Å². The number of nitrogens with zero attached hydrogens (tertiary/aromatic N) is 1. The van der Waals surface area contributed by atoms with E-state index in [0.717, 1.165) is 17.3 Å². The lowest BCUT2D eigenvalue weighted by Gasteiger charge is -2.16. The number of anilines is 1. The molecule has 1 aromatic heterocycles. The van der Waals surface area contributed by atoms with Crippen LogP contribution >= 0.6 is 0 Å². The molecule has 0 aliphatic heterocycles. The molecular formula is C22H24N2O3. The zero-order chi connectivity index (χ0) is 19.2. The van der Waals surface area contributed by atoms with Gasteiger partial charge in [-0.25, -0.2) is 0 Å². The molecule has 140 valence electrons. The van der Waals surface area contributed by atoms with Crippen LogP contribution in [0.4, 0.5) is 5.69 Å². The van der Waals surface area contributed by atoms with Gasteiger partial charge < -0.3 is 14.8 Å². The van der Waals surface area contributed by atoms with Gasteiger partial charge >= 0.3 is 0 Å². The molecule has 2 aromatic carbocycles. The molecule has 3 aromatic rings. The minimum atomic E-state index is -0.629. The van der Waals surface area contributed by atoms with Gasteiger partial charge in [-0.05, 0) is 62.2 Å². The molecule has 3 rings (SSSR count). The number of aryl methyl sites for hydroxylation is 1. The number of carbonyl (C=O) groups excluding carboxylic acids is 1. The number of hydrogen-bond acceptors (Lipinski definition) is 4. The zero-order valence-electron chi connectivity index (χ0n) is 15.9. The van der Waals surface area contributed by atoms with Crippen LogP contribution in [-0.2, 0) is 11.2 Å². The predicted octanol–water partition coefficient (Wildman–Crippen LogP) is 4.60. The molecule has 5 nitrogen and oxygen atoms in total. The minimum Gasteiger partial charge on any atom is -0.492 e. The standard InChI is InChI=1S/C22H24N2O3/c1-4-16-8-10-17(11-9-16)27-15(3)22(25)24-19-12-13-20(26-5-2)21-18(19)7-6-14-23-21/h6-15H,4-5H2,1-3H3,(H,24,25). The summed E-state index contributed by atoms with van der Waals surface area (Å²) in [5.74, 6) is 1.16. The first kappa shape index (κ1) is 18.7. The largest absolute Gasteiger partial charge is 0.492 e. The number of benzene rings is 2. The highest BCUT2D eigenvalue weighted by Crippen LogP contribution is 2.30. The Morgan fingerprint density at radius 2 is 1.89 bits per heavy atom. The maximum Gasteiger partial charge on any atom is 0.265 e. The van der Waals surface area contributed by atoms with E-state index in [0.29, 0.717) is 23.8 Å². The maximum absolute atomic E-state index is 12.6. The van der Waals surface area contributed by atoms with E-state index in [1.165, 1.54) is 5.56 Å². The third-order valence-electron chi connectivity index (χ3n) is 4.30. The van der Waals surface area contributed by atoms with Crippen molar-refractivity contribution in [2.24, 2.45) is 0 Å². The number of carbonyl (C=O) groups is 1. The van der Waals surface area contributed by atoms with Crippen molar-refractivity contribution in [1.29, 1.82) is 0 Å². The summed E-state index contributed by atoms with van der Waals surface area (Å²) in [6, 6.07) is 15.2. The second-order valence-corrected chi connectivity index (χ2v) is 6.19. The summed E-state index contributed by atoms with van der Waals surface area (Å²) in [4.78, 5) is 17.0. The van der Waals surface area contributed by atoms with Crippen molar-refractivity contribution in [3.63, 3.8) is 0 Å². The highest BCUT2D eigenvalue weighted by molar-refractivity contribution is 6.04. The number of rotatable bonds is 7. The quantitative estimate of drug-likeness (QED) is 0.665. The van der Waals surface area contributed by atoms with Gasteiger partial charge in [-0.3, -0.25) is 9.78 Å². The molecule has 1 unspecified atom stereocenters. The lowest BCUT2D eigenvalue weighted by atomic mass is 10.1. The predicted molar refractivity (Wildman–Crippen MR) is 107 cm³/mol. The van der Waals surface area contributed by atoms with Crippen molar-refractivity contribution in [2.75, 3.05) is 11.9 Å². The molecule has 1 atom stereocenters. The first-order valence-electron chi connectivity index (χ1n) is 9.19. The van der Waals surface area contributed by atoms with Gasteiger partial charge in [0.1, 0.15) is 17.0 Å².